The number of amides is 1. The fourth-order valence-corrected chi connectivity index (χ4v) is 4.22. The molecule has 0 fully saturated rings. The number of carbonyl (C=O) groups is 2. The van der Waals surface area contributed by atoms with Gasteiger partial charge in [0.15, 0.2) is 11.6 Å². The number of fused-ring (bicyclic) bond motifs is 3. The normalized spacial score (nSPS) is 13.0. The molecule has 3 aromatic rings. The zero-order valence-corrected chi connectivity index (χ0v) is 18.1. The molecule has 2 N–H and O–H groups in total. The van der Waals surface area contributed by atoms with Gasteiger partial charge in [0.1, 0.15) is 12.6 Å². The molecule has 0 radical (unpaired) electrons. The summed E-state index contributed by atoms with van der Waals surface area (Å²) in [7, 11) is 1.37. The Morgan fingerprint density at radius 2 is 1.67 bits per heavy atom. The first-order chi connectivity index (χ1) is 16.0. The number of hydrogen-bond acceptors (Lipinski definition) is 4. The van der Waals surface area contributed by atoms with Gasteiger partial charge in [0, 0.05) is 5.92 Å². The fourth-order valence-electron chi connectivity index (χ4n) is 4.22. The molecule has 1 aliphatic rings. The number of rotatable bonds is 8. The van der Waals surface area contributed by atoms with Crippen LogP contribution in [0.1, 0.15) is 29.0 Å². The molecule has 170 valence electrons. The standard InChI is InChI=1S/C26H24FNO5/c1-32-24-13-11-16(14-22(24)27)10-12-23(25(29)30)28-26(31)33-15-21-19-8-4-2-6-17(19)18-7-3-5-9-20(18)21/h2-9,11,13-14,21,23H,10,12,15H2,1H3,(H,28,31)(H,29,30)/t23-/m0/s1. The number of methoxy groups -OCH3 is 1. The maximum atomic E-state index is 13.9. The molecule has 0 saturated carbocycles. The van der Waals surface area contributed by atoms with Crippen LogP contribution < -0.4 is 10.1 Å². The second-order valence-corrected chi connectivity index (χ2v) is 7.87. The molecule has 1 amide bonds. The van der Waals surface area contributed by atoms with E-state index in [0.717, 1.165) is 22.3 Å². The lowest BCUT2D eigenvalue weighted by molar-refractivity contribution is -0.139. The number of benzene rings is 3. The predicted molar refractivity (Wildman–Crippen MR) is 121 cm³/mol. The molecule has 1 atom stereocenters. The number of carboxylic acid groups (broad SMARTS) is 1. The smallest absolute Gasteiger partial charge is 0.407 e. The van der Waals surface area contributed by atoms with Gasteiger partial charge in [-0.1, -0.05) is 54.6 Å². The molecule has 0 unspecified atom stereocenters. The Kier molecular flexibility index (Phi) is 6.58. The lowest BCUT2D eigenvalue weighted by Gasteiger charge is -2.17. The number of halogens is 1. The molecule has 6 nitrogen and oxygen atoms in total. The van der Waals surface area contributed by atoms with Gasteiger partial charge in [-0.2, -0.15) is 0 Å². The van der Waals surface area contributed by atoms with Crippen molar-refractivity contribution in [2.75, 3.05) is 13.7 Å². The molecule has 3 aromatic carbocycles. The largest absolute Gasteiger partial charge is 0.494 e. The number of hydrogen-bond donors (Lipinski definition) is 2. The molecule has 0 bridgehead atoms. The molecule has 0 aromatic heterocycles. The predicted octanol–water partition coefficient (Wildman–Crippen LogP) is 4.76. The van der Waals surface area contributed by atoms with Crippen LogP contribution in [0, 0.1) is 5.82 Å². The van der Waals surface area contributed by atoms with Gasteiger partial charge in [-0.15, -0.1) is 0 Å². The number of alkyl carbamates (subject to hydrolysis) is 1. The van der Waals surface area contributed by atoms with Crippen molar-refractivity contribution in [1.82, 2.24) is 5.32 Å². The minimum Gasteiger partial charge on any atom is -0.494 e. The summed E-state index contributed by atoms with van der Waals surface area (Å²) in [4.78, 5) is 24.1. The van der Waals surface area contributed by atoms with Crippen LogP contribution >= 0.6 is 0 Å². The van der Waals surface area contributed by atoms with Crippen molar-refractivity contribution in [3.63, 3.8) is 0 Å². The Balaban J connectivity index is 1.37. The summed E-state index contributed by atoms with van der Waals surface area (Å²) in [5, 5.41) is 11.9. The molecule has 33 heavy (non-hydrogen) atoms. The first-order valence-electron chi connectivity index (χ1n) is 10.6. The van der Waals surface area contributed by atoms with Crippen molar-refractivity contribution in [2.45, 2.75) is 24.8 Å². The van der Waals surface area contributed by atoms with E-state index in [4.69, 9.17) is 9.47 Å². The molecular formula is C26H24FNO5. The Bertz CT molecular complexity index is 1130. The summed E-state index contributed by atoms with van der Waals surface area (Å²) < 4.78 is 24.2. The van der Waals surface area contributed by atoms with E-state index in [-0.39, 0.29) is 31.1 Å². The van der Waals surface area contributed by atoms with Crippen molar-refractivity contribution < 1.29 is 28.6 Å². The highest BCUT2D eigenvalue weighted by molar-refractivity contribution is 5.81. The van der Waals surface area contributed by atoms with Gasteiger partial charge >= 0.3 is 12.1 Å². The Hall–Kier alpha value is -3.87. The van der Waals surface area contributed by atoms with Gasteiger partial charge in [0.2, 0.25) is 0 Å². The highest BCUT2D eigenvalue weighted by Crippen LogP contribution is 2.44. The average Bonchev–Trinajstić information content (AvgIpc) is 3.14. The molecule has 1 aliphatic carbocycles. The van der Waals surface area contributed by atoms with Crippen LogP contribution in [0.2, 0.25) is 0 Å². The number of carbonyl (C=O) groups excluding carboxylic acids is 1. The topological polar surface area (TPSA) is 84.9 Å². The monoisotopic (exact) mass is 449 g/mol. The Labute approximate surface area is 191 Å². The van der Waals surface area contributed by atoms with Gasteiger partial charge in [-0.05, 0) is 52.8 Å². The fraction of sp³-hybridized carbons (Fsp3) is 0.231. The van der Waals surface area contributed by atoms with Gasteiger partial charge in [-0.25, -0.2) is 14.0 Å². The quantitative estimate of drug-likeness (QED) is 0.518. The van der Waals surface area contributed by atoms with E-state index in [9.17, 15) is 19.1 Å². The number of ether oxygens (including phenoxy) is 2. The summed E-state index contributed by atoms with van der Waals surface area (Å²) in [5.74, 6) is -1.71. The van der Waals surface area contributed by atoms with Crippen LogP contribution in [0.3, 0.4) is 0 Å². The van der Waals surface area contributed by atoms with Gasteiger partial charge in [-0.3, -0.25) is 0 Å². The summed E-state index contributed by atoms with van der Waals surface area (Å²) in [6, 6.07) is 19.2. The van der Waals surface area contributed by atoms with Crippen LogP contribution in [0.4, 0.5) is 9.18 Å². The Morgan fingerprint density at radius 1 is 1.03 bits per heavy atom. The van der Waals surface area contributed by atoms with Crippen molar-refractivity contribution >= 4 is 12.1 Å². The maximum absolute atomic E-state index is 13.9. The second kappa shape index (κ2) is 9.73. The number of aliphatic carboxylic acids is 1. The minimum atomic E-state index is -1.18. The van der Waals surface area contributed by atoms with Crippen molar-refractivity contribution in [3.8, 4) is 16.9 Å². The lowest BCUT2D eigenvalue weighted by atomic mass is 9.98. The third-order valence-corrected chi connectivity index (χ3v) is 5.87. The van der Waals surface area contributed by atoms with Crippen LogP contribution in [0.5, 0.6) is 5.75 Å². The first-order valence-corrected chi connectivity index (χ1v) is 10.6. The van der Waals surface area contributed by atoms with Crippen molar-refractivity contribution in [1.29, 1.82) is 0 Å². The zero-order valence-electron chi connectivity index (χ0n) is 18.1. The average molecular weight is 449 g/mol. The minimum absolute atomic E-state index is 0.0886. The van der Waals surface area contributed by atoms with Crippen LogP contribution in [0.15, 0.2) is 66.7 Å². The molecule has 0 spiro atoms. The Morgan fingerprint density at radius 3 is 2.24 bits per heavy atom. The highest BCUT2D eigenvalue weighted by atomic mass is 19.1. The van der Waals surface area contributed by atoms with E-state index >= 15 is 0 Å². The third kappa shape index (κ3) is 4.82. The van der Waals surface area contributed by atoms with Crippen LogP contribution in [-0.2, 0) is 16.0 Å². The summed E-state index contributed by atoms with van der Waals surface area (Å²) >= 11 is 0. The van der Waals surface area contributed by atoms with Crippen LogP contribution in [0.25, 0.3) is 11.1 Å². The molecule has 0 heterocycles. The second-order valence-electron chi connectivity index (χ2n) is 7.87. The number of aryl methyl sites for hydroxylation is 1. The maximum Gasteiger partial charge on any atom is 0.407 e. The van der Waals surface area contributed by atoms with Crippen LogP contribution in [-0.4, -0.2) is 36.9 Å². The molecular weight excluding hydrogens is 425 g/mol. The third-order valence-electron chi connectivity index (χ3n) is 5.87. The summed E-state index contributed by atoms with van der Waals surface area (Å²) in [6.07, 6.45) is -0.447. The van der Waals surface area contributed by atoms with Crippen molar-refractivity contribution in [2.24, 2.45) is 0 Å². The molecule has 0 aliphatic heterocycles. The van der Waals surface area contributed by atoms with E-state index in [1.165, 1.54) is 19.2 Å². The number of carboxylic acids is 1. The first kappa shape index (κ1) is 22.3. The van der Waals surface area contributed by atoms with Gasteiger partial charge in [0.25, 0.3) is 0 Å². The SMILES string of the molecule is COc1ccc(CC[C@H](NC(=O)OCC2c3ccccc3-c3ccccc32)C(=O)O)cc1F. The highest BCUT2D eigenvalue weighted by Gasteiger charge is 2.29. The number of nitrogens with one attached hydrogen (secondary N) is 1. The summed E-state index contributed by atoms with van der Waals surface area (Å²) in [5.41, 5.74) is 4.97. The molecule has 7 heteroatoms. The lowest BCUT2D eigenvalue weighted by Crippen LogP contribution is -2.41. The van der Waals surface area contributed by atoms with Gasteiger partial charge in [0.05, 0.1) is 7.11 Å². The van der Waals surface area contributed by atoms with E-state index in [2.05, 4.69) is 5.32 Å². The van der Waals surface area contributed by atoms with E-state index in [1.54, 1.807) is 6.07 Å². The summed E-state index contributed by atoms with van der Waals surface area (Å²) in [6.45, 7) is 0.0931. The molecule has 4 rings (SSSR count). The van der Waals surface area contributed by atoms with Crippen molar-refractivity contribution in [3.05, 3.63) is 89.2 Å². The van der Waals surface area contributed by atoms with E-state index < -0.39 is 23.9 Å². The van der Waals surface area contributed by atoms with E-state index in [0.29, 0.717) is 5.56 Å². The zero-order chi connectivity index (χ0) is 23.4. The van der Waals surface area contributed by atoms with E-state index in [1.807, 2.05) is 48.5 Å². The molecule has 0 saturated heterocycles. The van der Waals surface area contributed by atoms with Gasteiger partial charge < -0.3 is 19.9 Å².